The molecule has 0 saturated heterocycles. The first-order valence-electron chi connectivity index (χ1n) is 5.31. The maximum atomic E-state index is 5.75. The summed E-state index contributed by atoms with van der Waals surface area (Å²) in [7, 11) is 0. The molecule has 2 unspecified atom stereocenters. The molecule has 0 radical (unpaired) electrons. The molecule has 0 bridgehead atoms. The predicted octanol–water partition coefficient (Wildman–Crippen LogP) is 2.49. The van der Waals surface area contributed by atoms with Gasteiger partial charge in [0.1, 0.15) is 0 Å². The van der Waals surface area contributed by atoms with Crippen LogP contribution < -0.4 is 0 Å². The molecule has 0 saturated carbocycles. The molecule has 0 aromatic carbocycles. The van der Waals surface area contributed by atoms with Crippen LogP contribution in [0.3, 0.4) is 0 Å². The Labute approximate surface area is 90.3 Å². The summed E-state index contributed by atoms with van der Waals surface area (Å²) in [6.45, 7) is 5.53. The van der Waals surface area contributed by atoms with Crippen molar-refractivity contribution in [2.24, 2.45) is 11.8 Å². The summed E-state index contributed by atoms with van der Waals surface area (Å²) in [6, 6.07) is 0. The molecule has 1 aliphatic rings. The van der Waals surface area contributed by atoms with Crippen LogP contribution in [0.4, 0.5) is 0 Å². The highest BCUT2D eigenvalue weighted by atomic mass is 35.5. The third kappa shape index (κ3) is 1.68. The number of halogens is 1. The Balaban J connectivity index is 2.26. The Morgan fingerprint density at radius 3 is 2.86 bits per heavy atom. The van der Waals surface area contributed by atoms with Gasteiger partial charge in [0.05, 0.1) is 12.0 Å². The first-order valence-corrected chi connectivity index (χ1v) is 5.84. The normalized spacial score (nSPS) is 26.2. The Hall–Kier alpha value is -0.500. The lowest BCUT2D eigenvalue weighted by Crippen LogP contribution is -2.22. The summed E-state index contributed by atoms with van der Waals surface area (Å²) >= 11 is 5.75. The number of hydrogen-bond donors (Lipinski definition) is 0. The van der Waals surface area contributed by atoms with Gasteiger partial charge in [-0.15, -0.1) is 11.6 Å². The number of aromatic nitrogens is 2. The Morgan fingerprint density at radius 1 is 1.43 bits per heavy atom. The molecule has 1 aromatic rings. The van der Waals surface area contributed by atoms with Crippen molar-refractivity contribution in [1.82, 2.24) is 9.55 Å². The van der Waals surface area contributed by atoms with Gasteiger partial charge in [-0.3, -0.25) is 0 Å². The quantitative estimate of drug-likeness (QED) is 0.689. The zero-order chi connectivity index (χ0) is 10.1. The fourth-order valence-corrected chi connectivity index (χ4v) is 2.33. The number of imidazole rings is 1. The highest BCUT2D eigenvalue weighted by Gasteiger charge is 2.25. The van der Waals surface area contributed by atoms with Gasteiger partial charge in [0.15, 0.2) is 0 Å². The third-order valence-corrected chi connectivity index (χ3v) is 3.53. The van der Waals surface area contributed by atoms with Crippen LogP contribution in [0.1, 0.15) is 25.2 Å². The zero-order valence-electron chi connectivity index (χ0n) is 8.83. The van der Waals surface area contributed by atoms with Crippen LogP contribution in [0.5, 0.6) is 0 Å². The predicted molar refractivity (Wildman–Crippen MR) is 58.7 cm³/mol. The second kappa shape index (κ2) is 3.93. The van der Waals surface area contributed by atoms with E-state index in [1.54, 1.807) is 0 Å². The Bertz CT molecular complexity index is 306. The van der Waals surface area contributed by atoms with Crippen LogP contribution in [0.15, 0.2) is 6.33 Å². The minimum atomic E-state index is 0.673. The number of alkyl halides is 1. The summed E-state index contributed by atoms with van der Waals surface area (Å²) in [5.74, 6) is 2.21. The summed E-state index contributed by atoms with van der Waals surface area (Å²) < 4.78 is 2.21. The molecule has 78 valence electrons. The first-order chi connectivity index (χ1) is 6.72. The second-order valence-electron chi connectivity index (χ2n) is 4.38. The van der Waals surface area contributed by atoms with E-state index in [4.69, 9.17) is 11.6 Å². The number of fused-ring (bicyclic) bond motifs is 1. The SMILES string of the molecule is CC1Cc2ncn(CCCl)c2CC1C. The molecule has 0 fully saturated rings. The van der Waals surface area contributed by atoms with Crippen molar-refractivity contribution in [2.45, 2.75) is 33.2 Å². The molecule has 0 spiro atoms. The molecule has 0 N–H and O–H groups in total. The van der Waals surface area contributed by atoms with Gasteiger partial charge in [0.25, 0.3) is 0 Å². The molecule has 3 heteroatoms. The van der Waals surface area contributed by atoms with E-state index in [0.29, 0.717) is 5.88 Å². The number of hydrogen-bond acceptors (Lipinski definition) is 1. The van der Waals surface area contributed by atoms with Gasteiger partial charge in [0, 0.05) is 18.1 Å². The standard InChI is InChI=1S/C11H17ClN2/c1-8-5-10-11(6-9(8)2)14(4-3-12)7-13-10/h7-9H,3-6H2,1-2H3. The average Bonchev–Trinajstić information content (AvgIpc) is 2.51. The fraction of sp³-hybridized carbons (Fsp3) is 0.727. The number of nitrogens with zero attached hydrogens (tertiary/aromatic N) is 2. The highest BCUT2D eigenvalue weighted by Crippen LogP contribution is 2.28. The lowest BCUT2D eigenvalue weighted by Gasteiger charge is -2.26. The summed E-state index contributed by atoms with van der Waals surface area (Å²) in [6.07, 6.45) is 4.23. The molecule has 2 rings (SSSR count). The van der Waals surface area contributed by atoms with Crippen molar-refractivity contribution < 1.29 is 0 Å². The number of aryl methyl sites for hydroxylation is 1. The molecule has 0 amide bonds. The Kier molecular flexibility index (Phi) is 2.82. The first kappa shape index (κ1) is 10.0. The van der Waals surface area contributed by atoms with Crippen molar-refractivity contribution in [3.05, 3.63) is 17.7 Å². The van der Waals surface area contributed by atoms with Crippen LogP contribution >= 0.6 is 11.6 Å². The van der Waals surface area contributed by atoms with E-state index in [-0.39, 0.29) is 0 Å². The highest BCUT2D eigenvalue weighted by molar-refractivity contribution is 6.17. The van der Waals surface area contributed by atoms with Crippen molar-refractivity contribution in [3.63, 3.8) is 0 Å². The topological polar surface area (TPSA) is 17.8 Å². The molecular formula is C11H17ClN2. The lowest BCUT2D eigenvalue weighted by atomic mass is 9.82. The molecule has 2 nitrogen and oxygen atoms in total. The van der Waals surface area contributed by atoms with Gasteiger partial charge in [0.2, 0.25) is 0 Å². The van der Waals surface area contributed by atoms with Gasteiger partial charge in [-0.05, 0) is 24.7 Å². The molecule has 1 aliphatic carbocycles. The van der Waals surface area contributed by atoms with Gasteiger partial charge in [-0.25, -0.2) is 4.98 Å². The Morgan fingerprint density at radius 2 is 2.14 bits per heavy atom. The van der Waals surface area contributed by atoms with E-state index in [2.05, 4.69) is 23.4 Å². The molecule has 1 heterocycles. The van der Waals surface area contributed by atoms with Gasteiger partial charge < -0.3 is 4.57 Å². The van der Waals surface area contributed by atoms with E-state index >= 15 is 0 Å². The van der Waals surface area contributed by atoms with Crippen molar-refractivity contribution >= 4 is 11.6 Å². The maximum absolute atomic E-state index is 5.75. The van der Waals surface area contributed by atoms with E-state index in [9.17, 15) is 0 Å². The van der Waals surface area contributed by atoms with Crippen molar-refractivity contribution in [1.29, 1.82) is 0 Å². The summed E-state index contributed by atoms with van der Waals surface area (Å²) in [5.41, 5.74) is 2.71. The molecule has 2 atom stereocenters. The smallest absolute Gasteiger partial charge is 0.0952 e. The van der Waals surface area contributed by atoms with Crippen LogP contribution in [0.2, 0.25) is 0 Å². The van der Waals surface area contributed by atoms with Gasteiger partial charge in [-0.2, -0.15) is 0 Å². The van der Waals surface area contributed by atoms with E-state index < -0.39 is 0 Å². The van der Waals surface area contributed by atoms with Crippen LogP contribution in [0.25, 0.3) is 0 Å². The van der Waals surface area contributed by atoms with E-state index in [1.807, 2.05) is 6.33 Å². The number of rotatable bonds is 2. The van der Waals surface area contributed by atoms with Gasteiger partial charge in [-0.1, -0.05) is 13.8 Å². The average molecular weight is 213 g/mol. The minimum Gasteiger partial charge on any atom is -0.333 e. The summed E-state index contributed by atoms with van der Waals surface area (Å²) in [5, 5.41) is 0. The second-order valence-corrected chi connectivity index (χ2v) is 4.76. The zero-order valence-corrected chi connectivity index (χ0v) is 9.59. The van der Waals surface area contributed by atoms with Crippen molar-refractivity contribution in [2.75, 3.05) is 5.88 Å². The van der Waals surface area contributed by atoms with E-state index in [0.717, 1.165) is 31.2 Å². The summed E-state index contributed by atoms with van der Waals surface area (Å²) in [4.78, 5) is 4.46. The fourth-order valence-electron chi connectivity index (χ4n) is 2.15. The van der Waals surface area contributed by atoms with Crippen molar-refractivity contribution in [3.8, 4) is 0 Å². The largest absolute Gasteiger partial charge is 0.333 e. The van der Waals surface area contributed by atoms with Crippen LogP contribution in [-0.2, 0) is 19.4 Å². The lowest BCUT2D eigenvalue weighted by molar-refractivity contribution is 0.349. The van der Waals surface area contributed by atoms with E-state index in [1.165, 1.54) is 11.4 Å². The maximum Gasteiger partial charge on any atom is 0.0952 e. The molecule has 14 heavy (non-hydrogen) atoms. The minimum absolute atomic E-state index is 0.673. The molecule has 0 aliphatic heterocycles. The molecular weight excluding hydrogens is 196 g/mol. The van der Waals surface area contributed by atoms with Gasteiger partial charge >= 0.3 is 0 Å². The van der Waals surface area contributed by atoms with Crippen LogP contribution in [0, 0.1) is 11.8 Å². The van der Waals surface area contributed by atoms with Crippen LogP contribution in [-0.4, -0.2) is 15.4 Å². The monoisotopic (exact) mass is 212 g/mol. The third-order valence-electron chi connectivity index (χ3n) is 3.36. The molecule has 1 aromatic heterocycles.